The molecule has 2 atom stereocenters. The minimum Gasteiger partial charge on any atom is -0.355 e. The van der Waals surface area contributed by atoms with Gasteiger partial charge in [0.1, 0.15) is 0 Å². The number of carbonyl (C=O) groups is 1. The van der Waals surface area contributed by atoms with Crippen molar-refractivity contribution in [1.82, 2.24) is 5.32 Å². The average Bonchev–Trinajstić information content (AvgIpc) is 2.50. The van der Waals surface area contributed by atoms with Crippen molar-refractivity contribution in [2.45, 2.75) is 31.5 Å². The van der Waals surface area contributed by atoms with Gasteiger partial charge in [-0.25, -0.2) is 0 Å². The normalized spacial score (nSPS) is 24.0. The second kappa shape index (κ2) is 8.62. The maximum absolute atomic E-state index is 12.0. The Morgan fingerprint density at radius 1 is 1.50 bits per heavy atom. The molecule has 0 aromatic heterocycles. The molecule has 8 heteroatoms. The predicted molar refractivity (Wildman–Crippen MR) is 80.2 cm³/mol. The molecule has 0 saturated carbocycles. The molecular formula is C14H23N3O5. The van der Waals surface area contributed by atoms with Gasteiger partial charge < -0.3 is 20.9 Å². The van der Waals surface area contributed by atoms with Gasteiger partial charge in [0, 0.05) is 19.7 Å². The first kappa shape index (κ1) is 18.3. The van der Waals surface area contributed by atoms with E-state index in [9.17, 15) is 20.0 Å². The number of ether oxygens (including phenoxy) is 1. The number of unbranched alkanes of at least 4 members (excludes halogenated alkanes) is 3. The number of aliphatic hydroxyl groups is 1. The third kappa shape index (κ3) is 4.90. The molecule has 0 fully saturated rings. The van der Waals surface area contributed by atoms with Crippen LogP contribution in [0.2, 0.25) is 0 Å². The monoisotopic (exact) mass is 313 g/mol. The van der Waals surface area contributed by atoms with Gasteiger partial charge in [0.05, 0.1) is 10.8 Å². The van der Waals surface area contributed by atoms with E-state index in [-0.39, 0.29) is 5.91 Å². The molecule has 0 bridgehead atoms. The lowest BCUT2D eigenvalue weighted by Crippen LogP contribution is -2.39. The molecule has 0 aromatic carbocycles. The van der Waals surface area contributed by atoms with Crippen molar-refractivity contribution in [2.24, 2.45) is 11.7 Å². The zero-order valence-electron chi connectivity index (χ0n) is 12.7. The van der Waals surface area contributed by atoms with E-state index >= 15 is 0 Å². The fourth-order valence-electron chi connectivity index (χ4n) is 2.14. The number of nitrogens with two attached hydrogens (primary N) is 1. The van der Waals surface area contributed by atoms with Gasteiger partial charge in [0.2, 0.25) is 5.91 Å². The first-order valence-electron chi connectivity index (χ1n) is 7.26. The van der Waals surface area contributed by atoms with Gasteiger partial charge >= 0.3 is 5.70 Å². The Kier molecular flexibility index (Phi) is 7.16. The van der Waals surface area contributed by atoms with Gasteiger partial charge in [-0.15, -0.1) is 0 Å². The van der Waals surface area contributed by atoms with Crippen molar-refractivity contribution in [2.75, 3.05) is 20.2 Å². The van der Waals surface area contributed by atoms with Crippen molar-refractivity contribution in [3.8, 4) is 0 Å². The SMILES string of the molecule is COC1(O)C=CC(C(=O)NCCCCCCN)C=C1[N+](=O)[O-]. The molecule has 1 aliphatic rings. The number of amides is 1. The molecule has 124 valence electrons. The Morgan fingerprint density at radius 3 is 2.77 bits per heavy atom. The highest BCUT2D eigenvalue weighted by atomic mass is 16.7. The molecule has 1 aliphatic carbocycles. The van der Waals surface area contributed by atoms with Gasteiger partial charge in [0.15, 0.2) is 0 Å². The fourth-order valence-corrected chi connectivity index (χ4v) is 2.14. The molecule has 0 aromatic rings. The second-order valence-electron chi connectivity index (χ2n) is 5.09. The molecule has 0 heterocycles. The molecule has 0 aliphatic heterocycles. The zero-order chi connectivity index (χ0) is 16.6. The van der Waals surface area contributed by atoms with Crippen molar-refractivity contribution in [3.63, 3.8) is 0 Å². The van der Waals surface area contributed by atoms with E-state index in [0.717, 1.165) is 44.9 Å². The lowest BCUT2D eigenvalue weighted by Gasteiger charge is -2.24. The number of nitrogens with one attached hydrogen (secondary N) is 1. The van der Waals surface area contributed by atoms with E-state index in [1.807, 2.05) is 0 Å². The molecule has 2 unspecified atom stereocenters. The van der Waals surface area contributed by atoms with Crippen LogP contribution >= 0.6 is 0 Å². The molecule has 1 amide bonds. The Hall–Kier alpha value is -1.77. The molecule has 22 heavy (non-hydrogen) atoms. The van der Waals surface area contributed by atoms with E-state index in [1.165, 1.54) is 6.08 Å². The highest BCUT2D eigenvalue weighted by Crippen LogP contribution is 2.27. The molecule has 8 nitrogen and oxygen atoms in total. The Morgan fingerprint density at radius 2 is 2.18 bits per heavy atom. The molecular weight excluding hydrogens is 290 g/mol. The van der Waals surface area contributed by atoms with Crippen molar-refractivity contribution in [1.29, 1.82) is 0 Å². The fraction of sp³-hybridized carbons (Fsp3) is 0.643. The minimum absolute atomic E-state index is 0.340. The maximum atomic E-state index is 12.0. The Labute approximate surface area is 129 Å². The van der Waals surface area contributed by atoms with Crippen molar-refractivity contribution >= 4 is 5.91 Å². The van der Waals surface area contributed by atoms with Crippen LogP contribution in [0.1, 0.15) is 25.7 Å². The van der Waals surface area contributed by atoms with Gasteiger partial charge in [-0.1, -0.05) is 18.9 Å². The smallest absolute Gasteiger partial charge is 0.306 e. The summed E-state index contributed by atoms with van der Waals surface area (Å²) < 4.78 is 4.73. The highest BCUT2D eigenvalue weighted by molar-refractivity contribution is 5.82. The zero-order valence-corrected chi connectivity index (χ0v) is 12.7. The van der Waals surface area contributed by atoms with E-state index in [1.54, 1.807) is 0 Å². The van der Waals surface area contributed by atoms with Gasteiger partial charge in [0.25, 0.3) is 5.79 Å². The van der Waals surface area contributed by atoms with Crippen LogP contribution in [0.5, 0.6) is 0 Å². The van der Waals surface area contributed by atoms with Crippen LogP contribution in [0, 0.1) is 16.0 Å². The van der Waals surface area contributed by atoms with E-state index in [0.29, 0.717) is 13.1 Å². The van der Waals surface area contributed by atoms with Crippen LogP contribution in [0.25, 0.3) is 0 Å². The number of hydrogen-bond donors (Lipinski definition) is 3. The predicted octanol–water partition coefficient (Wildman–Crippen LogP) is 0.303. The number of carbonyl (C=O) groups excluding carboxylic acids is 1. The van der Waals surface area contributed by atoms with E-state index in [4.69, 9.17) is 10.5 Å². The average molecular weight is 313 g/mol. The summed E-state index contributed by atoms with van der Waals surface area (Å²) >= 11 is 0. The summed E-state index contributed by atoms with van der Waals surface area (Å²) in [5.41, 5.74) is 4.84. The molecule has 1 rings (SSSR count). The second-order valence-corrected chi connectivity index (χ2v) is 5.09. The minimum atomic E-state index is -2.09. The standard InChI is InChI=1S/C14H23N3O5/c1-22-14(19)7-6-11(10-12(14)17(20)21)13(18)16-9-5-3-2-4-8-15/h6-7,10-11,19H,2-5,8-9,15H2,1H3,(H,16,18). The molecule has 0 saturated heterocycles. The van der Waals surface area contributed by atoms with E-state index in [2.05, 4.69) is 5.32 Å². The molecule has 0 radical (unpaired) electrons. The Balaban J connectivity index is 2.53. The van der Waals surface area contributed by atoms with Crippen LogP contribution in [0.15, 0.2) is 23.9 Å². The highest BCUT2D eigenvalue weighted by Gasteiger charge is 2.42. The number of nitro groups is 1. The third-order valence-electron chi connectivity index (χ3n) is 3.47. The van der Waals surface area contributed by atoms with Gasteiger partial charge in [-0.3, -0.25) is 14.9 Å². The summed E-state index contributed by atoms with van der Waals surface area (Å²) in [6.07, 6.45) is 7.39. The summed E-state index contributed by atoms with van der Waals surface area (Å²) in [5, 5.41) is 23.6. The van der Waals surface area contributed by atoms with Crippen LogP contribution < -0.4 is 11.1 Å². The summed E-state index contributed by atoms with van der Waals surface area (Å²) in [4.78, 5) is 22.2. The number of rotatable bonds is 9. The van der Waals surface area contributed by atoms with Crippen molar-refractivity contribution < 1.29 is 19.6 Å². The van der Waals surface area contributed by atoms with Crippen LogP contribution in [0.3, 0.4) is 0 Å². The quantitative estimate of drug-likeness (QED) is 0.185. The lowest BCUT2D eigenvalue weighted by atomic mass is 9.96. The van der Waals surface area contributed by atoms with Crippen molar-refractivity contribution in [3.05, 3.63) is 34.0 Å². The van der Waals surface area contributed by atoms with Gasteiger partial charge in [-0.2, -0.15) is 0 Å². The maximum Gasteiger partial charge on any atom is 0.306 e. The topological polar surface area (TPSA) is 128 Å². The number of methoxy groups -OCH3 is 1. The van der Waals surface area contributed by atoms with Crippen LogP contribution in [-0.4, -0.2) is 41.9 Å². The molecule has 4 N–H and O–H groups in total. The first-order chi connectivity index (χ1) is 10.4. The summed E-state index contributed by atoms with van der Waals surface area (Å²) in [6.45, 7) is 1.17. The largest absolute Gasteiger partial charge is 0.355 e. The number of nitrogens with zero attached hydrogens (tertiary/aromatic N) is 1. The number of hydrogen-bond acceptors (Lipinski definition) is 6. The molecule has 0 spiro atoms. The first-order valence-corrected chi connectivity index (χ1v) is 7.26. The Bertz CT molecular complexity index is 463. The van der Waals surface area contributed by atoms with Crippen LogP contribution in [0.4, 0.5) is 0 Å². The summed E-state index contributed by atoms with van der Waals surface area (Å²) in [7, 11) is 1.16. The van der Waals surface area contributed by atoms with Crippen LogP contribution in [-0.2, 0) is 9.53 Å². The summed E-state index contributed by atoms with van der Waals surface area (Å²) in [5.74, 6) is -3.23. The summed E-state index contributed by atoms with van der Waals surface area (Å²) in [6, 6.07) is 0. The van der Waals surface area contributed by atoms with Gasteiger partial charge in [-0.05, 0) is 25.5 Å². The third-order valence-corrected chi connectivity index (χ3v) is 3.47. The lowest BCUT2D eigenvalue weighted by molar-refractivity contribution is -0.457. The van der Waals surface area contributed by atoms with E-state index < -0.39 is 22.3 Å².